The predicted molar refractivity (Wildman–Crippen MR) is 77.4 cm³/mol. The molecule has 2 aromatic rings. The van der Waals surface area contributed by atoms with Crippen molar-refractivity contribution in [2.24, 2.45) is 0 Å². The Hall–Kier alpha value is -2.63. The number of nitrogens with zero attached hydrogens (tertiary/aromatic N) is 2. The van der Waals surface area contributed by atoms with Crippen LogP contribution in [-0.2, 0) is 11.2 Å². The number of aromatic nitrogens is 1. The van der Waals surface area contributed by atoms with Crippen LogP contribution in [0.15, 0.2) is 28.8 Å². The second-order valence-corrected chi connectivity index (χ2v) is 5.05. The molecule has 1 aliphatic heterocycles. The normalized spacial score (nSPS) is 13.1. The summed E-state index contributed by atoms with van der Waals surface area (Å²) in [5.74, 6) is -0.127. The molecule has 108 valence electrons. The highest BCUT2D eigenvalue weighted by atomic mass is 16.5. The summed E-state index contributed by atoms with van der Waals surface area (Å²) in [6.45, 7) is 3.99. The number of rotatable bonds is 2. The number of aryl methyl sites for hydroxylation is 1. The first-order valence-electron chi connectivity index (χ1n) is 6.70. The number of anilines is 2. The largest absolute Gasteiger partial charge is 0.351 e. The summed E-state index contributed by atoms with van der Waals surface area (Å²) >= 11 is 0. The molecule has 0 fully saturated rings. The molecule has 1 aliphatic rings. The van der Waals surface area contributed by atoms with E-state index in [0.717, 1.165) is 17.7 Å². The number of hydrogen-bond donors (Lipinski definition) is 1. The Morgan fingerprint density at radius 2 is 2.14 bits per heavy atom. The molecule has 2 amide bonds. The smallest absolute Gasteiger partial charge is 0.294 e. The van der Waals surface area contributed by atoms with Crippen molar-refractivity contribution in [1.29, 1.82) is 0 Å². The molecule has 1 aromatic heterocycles. The van der Waals surface area contributed by atoms with Gasteiger partial charge in [-0.05, 0) is 37.1 Å². The van der Waals surface area contributed by atoms with Crippen LogP contribution in [0.3, 0.4) is 0 Å². The van der Waals surface area contributed by atoms with Crippen molar-refractivity contribution in [2.75, 3.05) is 16.8 Å². The zero-order chi connectivity index (χ0) is 15.0. The molecule has 6 nitrogen and oxygen atoms in total. The van der Waals surface area contributed by atoms with Crippen LogP contribution in [-0.4, -0.2) is 23.5 Å². The fourth-order valence-corrected chi connectivity index (χ4v) is 2.47. The van der Waals surface area contributed by atoms with Gasteiger partial charge in [-0.15, -0.1) is 0 Å². The predicted octanol–water partition coefficient (Wildman–Crippen LogP) is 2.14. The van der Waals surface area contributed by atoms with Gasteiger partial charge in [0.05, 0.1) is 5.69 Å². The molecule has 2 heterocycles. The average Bonchev–Trinajstić information content (AvgIpc) is 3.04. The van der Waals surface area contributed by atoms with E-state index in [4.69, 9.17) is 4.52 Å². The van der Waals surface area contributed by atoms with E-state index in [0.29, 0.717) is 17.9 Å². The highest BCUT2D eigenvalue weighted by Crippen LogP contribution is 2.30. The van der Waals surface area contributed by atoms with Gasteiger partial charge in [0.2, 0.25) is 11.7 Å². The summed E-state index contributed by atoms with van der Waals surface area (Å²) in [4.78, 5) is 25.2. The van der Waals surface area contributed by atoms with Gasteiger partial charge in [-0.1, -0.05) is 5.16 Å². The van der Waals surface area contributed by atoms with Gasteiger partial charge in [0, 0.05) is 30.9 Å². The maximum atomic E-state index is 12.0. The van der Waals surface area contributed by atoms with Crippen LogP contribution in [0.4, 0.5) is 11.4 Å². The van der Waals surface area contributed by atoms with Crippen molar-refractivity contribution in [3.63, 3.8) is 0 Å². The summed E-state index contributed by atoms with van der Waals surface area (Å²) in [5.41, 5.74) is 3.30. The zero-order valence-electron chi connectivity index (χ0n) is 11.8. The zero-order valence-corrected chi connectivity index (χ0v) is 11.8. The molecular weight excluding hydrogens is 270 g/mol. The van der Waals surface area contributed by atoms with Gasteiger partial charge in [0.25, 0.3) is 5.91 Å². The summed E-state index contributed by atoms with van der Waals surface area (Å²) < 4.78 is 4.92. The van der Waals surface area contributed by atoms with E-state index in [1.165, 1.54) is 0 Å². The Morgan fingerprint density at radius 3 is 2.81 bits per heavy atom. The van der Waals surface area contributed by atoms with Crippen molar-refractivity contribution < 1.29 is 14.1 Å². The maximum absolute atomic E-state index is 12.0. The lowest BCUT2D eigenvalue weighted by Gasteiger charge is -2.14. The quantitative estimate of drug-likeness (QED) is 0.917. The van der Waals surface area contributed by atoms with E-state index < -0.39 is 0 Å². The Bertz CT molecular complexity index is 721. The van der Waals surface area contributed by atoms with E-state index in [-0.39, 0.29) is 17.6 Å². The van der Waals surface area contributed by atoms with E-state index in [9.17, 15) is 9.59 Å². The molecule has 0 unspecified atom stereocenters. The van der Waals surface area contributed by atoms with Crippen LogP contribution in [0.5, 0.6) is 0 Å². The average molecular weight is 285 g/mol. The van der Waals surface area contributed by atoms with Crippen LogP contribution in [0.1, 0.15) is 28.7 Å². The third-order valence-corrected chi connectivity index (χ3v) is 3.46. The molecule has 0 saturated heterocycles. The van der Waals surface area contributed by atoms with Gasteiger partial charge in [-0.25, -0.2) is 0 Å². The minimum absolute atomic E-state index is 0.0303. The second kappa shape index (κ2) is 5.05. The molecule has 0 spiro atoms. The molecule has 0 aliphatic carbocycles. The number of benzene rings is 1. The molecule has 0 bridgehead atoms. The topological polar surface area (TPSA) is 75.4 Å². The number of fused-ring (bicyclic) bond motifs is 1. The summed E-state index contributed by atoms with van der Waals surface area (Å²) in [5, 5.41) is 6.46. The molecule has 1 aromatic carbocycles. The number of amides is 2. The monoisotopic (exact) mass is 285 g/mol. The first-order chi connectivity index (χ1) is 10.0. The third-order valence-electron chi connectivity index (χ3n) is 3.46. The SMILES string of the molecule is CC(=O)N1CCc2cc(NC(=O)c3cc(C)no3)ccc21. The van der Waals surface area contributed by atoms with E-state index in [1.54, 1.807) is 30.9 Å². The third kappa shape index (κ3) is 2.52. The Labute approximate surface area is 121 Å². The molecule has 21 heavy (non-hydrogen) atoms. The number of carbonyl (C=O) groups is 2. The van der Waals surface area contributed by atoms with Crippen molar-refractivity contribution in [1.82, 2.24) is 5.16 Å². The van der Waals surface area contributed by atoms with Crippen molar-refractivity contribution >= 4 is 23.2 Å². The second-order valence-electron chi connectivity index (χ2n) is 5.05. The van der Waals surface area contributed by atoms with E-state index in [1.807, 2.05) is 12.1 Å². The summed E-state index contributed by atoms with van der Waals surface area (Å²) in [6.07, 6.45) is 0.792. The molecule has 0 radical (unpaired) electrons. The first kappa shape index (κ1) is 13.4. The molecule has 0 atom stereocenters. The Morgan fingerprint density at radius 1 is 1.33 bits per heavy atom. The lowest BCUT2D eigenvalue weighted by atomic mass is 10.1. The summed E-state index contributed by atoms with van der Waals surface area (Å²) in [7, 11) is 0. The number of hydrogen-bond acceptors (Lipinski definition) is 4. The lowest BCUT2D eigenvalue weighted by Crippen LogP contribution is -2.25. The Kier molecular flexibility index (Phi) is 3.21. The van der Waals surface area contributed by atoms with Gasteiger partial charge in [-0.3, -0.25) is 9.59 Å². The molecule has 1 N–H and O–H groups in total. The van der Waals surface area contributed by atoms with Crippen molar-refractivity contribution in [3.8, 4) is 0 Å². The van der Waals surface area contributed by atoms with Crippen molar-refractivity contribution in [2.45, 2.75) is 20.3 Å². The van der Waals surface area contributed by atoms with Crippen LogP contribution in [0.2, 0.25) is 0 Å². The van der Waals surface area contributed by atoms with Crippen LogP contribution >= 0.6 is 0 Å². The Balaban J connectivity index is 1.79. The number of nitrogens with one attached hydrogen (secondary N) is 1. The van der Waals surface area contributed by atoms with Gasteiger partial charge < -0.3 is 14.7 Å². The van der Waals surface area contributed by atoms with Crippen LogP contribution in [0.25, 0.3) is 0 Å². The summed E-state index contributed by atoms with van der Waals surface area (Å²) in [6, 6.07) is 7.10. The van der Waals surface area contributed by atoms with Gasteiger partial charge in [0.1, 0.15) is 0 Å². The van der Waals surface area contributed by atoms with Crippen molar-refractivity contribution in [3.05, 3.63) is 41.3 Å². The highest BCUT2D eigenvalue weighted by Gasteiger charge is 2.22. The minimum atomic E-state index is -0.336. The lowest BCUT2D eigenvalue weighted by molar-refractivity contribution is -0.116. The van der Waals surface area contributed by atoms with E-state index >= 15 is 0 Å². The maximum Gasteiger partial charge on any atom is 0.294 e. The van der Waals surface area contributed by atoms with Gasteiger partial charge >= 0.3 is 0 Å². The van der Waals surface area contributed by atoms with Crippen LogP contribution < -0.4 is 10.2 Å². The van der Waals surface area contributed by atoms with E-state index in [2.05, 4.69) is 10.5 Å². The molecule has 0 saturated carbocycles. The first-order valence-corrected chi connectivity index (χ1v) is 6.70. The standard InChI is InChI=1S/C15H15N3O3/c1-9-7-14(21-17-9)15(20)16-12-3-4-13-11(8-12)5-6-18(13)10(2)19/h3-4,7-8H,5-6H2,1-2H3,(H,16,20). The minimum Gasteiger partial charge on any atom is -0.351 e. The fraction of sp³-hybridized carbons (Fsp3) is 0.267. The van der Waals surface area contributed by atoms with Gasteiger partial charge in [-0.2, -0.15) is 0 Å². The number of carbonyl (C=O) groups excluding carboxylic acids is 2. The fourth-order valence-electron chi connectivity index (χ4n) is 2.47. The van der Waals surface area contributed by atoms with Crippen LogP contribution in [0, 0.1) is 6.92 Å². The van der Waals surface area contributed by atoms with Gasteiger partial charge in [0.15, 0.2) is 0 Å². The highest BCUT2D eigenvalue weighted by molar-refractivity contribution is 6.02. The molecule has 6 heteroatoms. The molecular formula is C15H15N3O3. The molecule has 3 rings (SSSR count).